The fourth-order valence-electron chi connectivity index (χ4n) is 2.17. The molecule has 1 amide bonds. The van der Waals surface area contributed by atoms with Gasteiger partial charge < -0.3 is 16.0 Å². The Kier molecular flexibility index (Phi) is 6.51. The van der Waals surface area contributed by atoms with Crippen molar-refractivity contribution in [2.24, 2.45) is 4.99 Å². The number of hydrogen-bond donors (Lipinski definition) is 3. The highest BCUT2D eigenvalue weighted by molar-refractivity contribution is 8.00. The number of rotatable bonds is 5. The van der Waals surface area contributed by atoms with Crippen molar-refractivity contribution < 1.29 is 9.18 Å². The molecular formula is C15H21FN4OS. The summed E-state index contributed by atoms with van der Waals surface area (Å²) in [6, 6.07) is 5.81. The van der Waals surface area contributed by atoms with E-state index in [0.717, 1.165) is 6.54 Å². The minimum atomic E-state index is -0.378. The second-order valence-electron chi connectivity index (χ2n) is 5.00. The molecule has 1 aromatic carbocycles. The molecule has 0 spiro atoms. The van der Waals surface area contributed by atoms with Gasteiger partial charge in [0.15, 0.2) is 5.96 Å². The second-order valence-corrected chi connectivity index (χ2v) is 6.41. The molecule has 2 rings (SSSR count). The zero-order valence-corrected chi connectivity index (χ0v) is 13.4. The van der Waals surface area contributed by atoms with Crippen molar-refractivity contribution in [1.29, 1.82) is 0 Å². The van der Waals surface area contributed by atoms with Gasteiger partial charge in [-0.15, -0.1) is 0 Å². The Morgan fingerprint density at radius 1 is 1.45 bits per heavy atom. The van der Waals surface area contributed by atoms with Gasteiger partial charge >= 0.3 is 0 Å². The summed E-state index contributed by atoms with van der Waals surface area (Å²) in [5, 5.41) is 9.41. The van der Waals surface area contributed by atoms with Gasteiger partial charge in [-0.25, -0.2) is 4.39 Å². The Labute approximate surface area is 134 Å². The van der Waals surface area contributed by atoms with Crippen LogP contribution in [-0.2, 0) is 4.79 Å². The lowest BCUT2D eigenvalue weighted by molar-refractivity contribution is -0.115. The van der Waals surface area contributed by atoms with Crippen LogP contribution >= 0.6 is 11.8 Å². The van der Waals surface area contributed by atoms with Crippen LogP contribution in [0.4, 0.5) is 10.1 Å². The molecule has 1 atom stereocenters. The van der Waals surface area contributed by atoms with Gasteiger partial charge in [0.1, 0.15) is 5.82 Å². The SMILES string of the molecule is CN=C(NCC(=O)Nc1cccc(F)c1)NCC1CCCS1. The third kappa shape index (κ3) is 5.55. The lowest BCUT2D eigenvalue weighted by atomic mass is 10.2. The number of nitrogens with zero attached hydrogens (tertiary/aromatic N) is 1. The highest BCUT2D eigenvalue weighted by atomic mass is 32.2. The molecule has 1 fully saturated rings. The number of halogens is 1. The van der Waals surface area contributed by atoms with E-state index < -0.39 is 0 Å². The Hall–Kier alpha value is -1.76. The number of guanidine groups is 1. The van der Waals surface area contributed by atoms with Gasteiger partial charge in [-0.2, -0.15) is 11.8 Å². The van der Waals surface area contributed by atoms with Gasteiger partial charge in [-0.05, 0) is 36.8 Å². The Morgan fingerprint density at radius 2 is 2.32 bits per heavy atom. The summed E-state index contributed by atoms with van der Waals surface area (Å²) < 4.78 is 13.0. The maximum Gasteiger partial charge on any atom is 0.243 e. The van der Waals surface area contributed by atoms with E-state index in [1.165, 1.54) is 30.7 Å². The monoisotopic (exact) mass is 324 g/mol. The molecule has 1 heterocycles. The molecule has 1 aliphatic rings. The van der Waals surface area contributed by atoms with E-state index in [2.05, 4.69) is 20.9 Å². The first-order valence-electron chi connectivity index (χ1n) is 7.29. The number of hydrogen-bond acceptors (Lipinski definition) is 3. The minimum absolute atomic E-state index is 0.0774. The van der Waals surface area contributed by atoms with Gasteiger partial charge in [0.05, 0.1) is 6.54 Å². The average Bonchev–Trinajstić information content (AvgIpc) is 3.01. The van der Waals surface area contributed by atoms with Crippen LogP contribution < -0.4 is 16.0 Å². The number of anilines is 1. The number of aliphatic imine (C=N–C) groups is 1. The number of carbonyl (C=O) groups excluding carboxylic acids is 1. The summed E-state index contributed by atoms with van der Waals surface area (Å²) in [4.78, 5) is 15.9. The van der Waals surface area contributed by atoms with Crippen LogP contribution in [0, 0.1) is 5.82 Å². The van der Waals surface area contributed by atoms with Crippen molar-refractivity contribution in [2.45, 2.75) is 18.1 Å². The molecule has 0 saturated carbocycles. The molecule has 0 aliphatic carbocycles. The lowest BCUT2D eigenvalue weighted by Crippen LogP contribution is -2.43. The maximum atomic E-state index is 13.0. The standard InChI is InChI=1S/C15H21FN4OS/c1-17-15(18-9-13-6-3-7-22-13)19-10-14(21)20-12-5-2-4-11(16)8-12/h2,4-5,8,13H,3,6-7,9-10H2,1H3,(H,20,21)(H2,17,18,19). The topological polar surface area (TPSA) is 65.5 Å². The van der Waals surface area contributed by atoms with Crippen molar-refractivity contribution in [1.82, 2.24) is 10.6 Å². The normalized spacial score (nSPS) is 18.1. The lowest BCUT2D eigenvalue weighted by Gasteiger charge is -2.14. The highest BCUT2D eigenvalue weighted by Gasteiger charge is 2.15. The first kappa shape index (κ1) is 16.6. The fraction of sp³-hybridized carbons (Fsp3) is 0.467. The summed E-state index contributed by atoms with van der Waals surface area (Å²) >= 11 is 1.96. The summed E-state index contributed by atoms with van der Waals surface area (Å²) in [5.74, 6) is 1.19. The number of carbonyl (C=O) groups is 1. The minimum Gasteiger partial charge on any atom is -0.355 e. The van der Waals surface area contributed by atoms with Crippen molar-refractivity contribution in [2.75, 3.05) is 31.2 Å². The predicted octanol–water partition coefficient (Wildman–Crippen LogP) is 1.82. The third-order valence-corrected chi connectivity index (χ3v) is 4.67. The van der Waals surface area contributed by atoms with Crippen LogP contribution in [0.2, 0.25) is 0 Å². The Balaban J connectivity index is 1.71. The summed E-state index contributed by atoms with van der Waals surface area (Å²) in [5.41, 5.74) is 0.442. The zero-order valence-electron chi connectivity index (χ0n) is 12.6. The quantitative estimate of drug-likeness (QED) is 0.571. The van der Waals surface area contributed by atoms with E-state index in [0.29, 0.717) is 16.9 Å². The van der Waals surface area contributed by atoms with Crippen LogP contribution in [0.25, 0.3) is 0 Å². The van der Waals surface area contributed by atoms with Gasteiger partial charge in [0.2, 0.25) is 5.91 Å². The van der Waals surface area contributed by atoms with Crippen molar-refractivity contribution in [3.8, 4) is 0 Å². The van der Waals surface area contributed by atoms with E-state index in [1.54, 1.807) is 19.2 Å². The molecule has 0 aromatic heterocycles. The van der Waals surface area contributed by atoms with Crippen LogP contribution in [0.1, 0.15) is 12.8 Å². The average molecular weight is 324 g/mol. The molecule has 1 saturated heterocycles. The number of nitrogens with one attached hydrogen (secondary N) is 3. The van der Waals surface area contributed by atoms with E-state index in [1.807, 2.05) is 11.8 Å². The molecule has 0 radical (unpaired) electrons. The van der Waals surface area contributed by atoms with E-state index in [9.17, 15) is 9.18 Å². The van der Waals surface area contributed by atoms with Crippen LogP contribution in [-0.4, -0.2) is 43.0 Å². The molecule has 1 aliphatic heterocycles. The molecular weight excluding hydrogens is 303 g/mol. The van der Waals surface area contributed by atoms with Crippen molar-refractivity contribution in [3.63, 3.8) is 0 Å². The predicted molar refractivity (Wildman–Crippen MR) is 89.9 cm³/mol. The largest absolute Gasteiger partial charge is 0.355 e. The van der Waals surface area contributed by atoms with E-state index >= 15 is 0 Å². The maximum absolute atomic E-state index is 13.0. The first-order chi connectivity index (χ1) is 10.7. The Bertz CT molecular complexity index is 532. The molecule has 1 aromatic rings. The molecule has 22 heavy (non-hydrogen) atoms. The van der Waals surface area contributed by atoms with E-state index in [-0.39, 0.29) is 18.3 Å². The van der Waals surface area contributed by atoms with Crippen molar-refractivity contribution >= 4 is 29.3 Å². The van der Waals surface area contributed by atoms with Gasteiger partial charge in [0.25, 0.3) is 0 Å². The van der Waals surface area contributed by atoms with Crippen LogP contribution in [0.15, 0.2) is 29.3 Å². The molecule has 1 unspecified atom stereocenters. The molecule has 3 N–H and O–H groups in total. The number of benzene rings is 1. The Morgan fingerprint density at radius 3 is 3.00 bits per heavy atom. The zero-order chi connectivity index (χ0) is 15.8. The van der Waals surface area contributed by atoms with Crippen molar-refractivity contribution in [3.05, 3.63) is 30.1 Å². The first-order valence-corrected chi connectivity index (χ1v) is 8.34. The van der Waals surface area contributed by atoms with E-state index in [4.69, 9.17) is 0 Å². The highest BCUT2D eigenvalue weighted by Crippen LogP contribution is 2.25. The second kappa shape index (κ2) is 8.63. The van der Waals surface area contributed by atoms with Gasteiger partial charge in [-0.1, -0.05) is 6.07 Å². The number of thioether (sulfide) groups is 1. The summed E-state index contributed by atoms with van der Waals surface area (Å²) in [6.07, 6.45) is 2.48. The van der Waals surface area contributed by atoms with Gasteiger partial charge in [-0.3, -0.25) is 9.79 Å². The summed E-state index contributed by atoms with van der Waals surface area (Å²) in [6.45, 7) is 0.920. The third-order valence-electron chi connectivity index (χ3n) is 3.27. The molecule has 7 heteroatoms. The molecule has 0 bridgehead atoms. The summed E-state index contributed by atoms with van der Waals surface area (Å²) in [7, 11) is 1.67. The molecule has 120 valence electrons. The van der Waals surface area contributed by atoms with Crippen LogP contribution in [0.3, 0.4) is 0 Å². The fourth-order valence-corrected chi connectivity index (χ4v) is 3.37. The molecule has 5 nitrogen and oxygen atoms in total. The smallest absolute Gasteiger partial charge is 0.243 e. The number of amides is 1. The van der Waals surface area contributed by atoms with Gasteiger partial charge in [0, 0.05) is 24.5 Å². The van der Waals surface area contributed by atoms with Crippen LogP contribution in [0.5, 0.6) is 0 Å².